The number of benzene rings is 1. The number of nitrogens with one attached hydrogen (secondary N) is 1. The highest BCUT2D eigenvalue weighted by atomic mass is 35.5. The Morgan fingerprint density at radius 1 is 1.17 bits per heavy atom. The first kappa shape index (κ1) is 17.6. The number of halogens is 4. The Morgan fingerprint density at radius 3 is 2.43 bits per heavy atom. The van der Waals surface area contributed by atoms with Crippen LogP contribution in [0.25, 0.3) is 0 Å². The minimum atomic E-state index is -4.41. The lowest BCUT2D eigenvalue weighted by molar-refractivity contribution is -0.137. The Kier molecular flexibility index (Phi) is 5.90. The topological polar surface area (TPSA) is 42.0 Å². The van der Waals surface area contributed by atoms with E-state index in [1.165, 1.54) is 6.07 Å². The van der Waals surface area contributed by atoms with E-state index < -0.39 is 11.7 Å². The molecule has 0 saturated heterocycles. The van der Waals surface area contributed by atoms with Crippen LogP contribution in [0, 0.1) is 0 Å². The zero-order valence-corrected chi connectivity index (χ0v) is 13.3. The van der Waals surface area contributed by atoms with Crippen molar-refractivity contribution < 1.29 is 18.0 Å². The molecular weight excluding hydrogens is 349 g/mol. The Bertz CT molecular complexity index is 660. The number of hydrogen-bond donors (Lipinski definition) is 1. The molecule has 0 spiro atoms. The van der Waals surface area contributed by atoms with E-state index in [2.05, 4.69) is 10.3 Å². The first-order valence-electron chi connectivity index (χ1n) is 6.52. The number of hydrogen-bond acceptors (Lipinski definition) is 3. The number of pyridine rings is 1. The van der Waals surface area contributed by atoms with Crippen LogP contribution in [-0.4, -0.2) is 16.6 Å². The maximum Gasteiger partial charge on any atom is 0.417 e. The molecule has 0 radical (unpaired) electrons. The van der Waals surface area contributed by atoms with Gasteiger partial charge in [-0.25, -0.2) is 4.98 Å². The number of alkyl halides is 3. The lowest BCUT2D eigenvalue weighted by Gasteiger charge is -2.07. The summed E-state index contributed by atoms with van der Waals surface area (Å²) in [5.41, 5.74) is 0.0921. The lowest BCUT2D eigenvalue weighted by Crippen LogP contribution is -2.24. The molecule has 0 atom stereocenters. The second kappa shape index (κ2) is 7.70. The van der Waals surface area contributed by atoms with Gasteiger partial charge in [0.05, 0.1) is 16.3 Å². The van der Waals surface area contributed by atoms with E-state index in [0.29, 0.717) is 16.6 Å². The zero-order chi connectivity index (χ0) is 16.9. The summed E-state index contributed by atoms with van der Waals surface area (Å²) < 4.78 is 37.2. The number of aromatic nitrogens is 1. The van der Waals surface area contributed by atoms with Crippen molar-refractivity contribution >= 4 is 29.3 Å². The lowest BCUT2D eigenvalue weighted by atomic mass is 10.2. The fourth-order valence-electron chi connectivity index (χ4n) is 1.63. The van der Waals surface area contributed by atoms with Crippen LogP contribution in [0.2, 0.25) is 5.02 Å². The first-order valence-corrected chi connectivity index (χ1v) is 7.88. The Hall–Kier alpha value is -1.73. The summed E-state index contributed by atoms with van der Waals surface area (Å²) in [5, 5.41) is 3.69. The Morgan fingerprint density at radius 2 is 1.87 bits per heavy atom. The molecule has 1 amide bonds. The first-order chi connectivity index (χ1) is 10.8. The smallest absolute Gasteiger partial charge is 0.351 e. The molecule has 1 aromatic carbocycles. The summed E-state index contributed by atoms with van der Waals surface area (Å²) in [5.74, 6) is -0.155. The second-order valence-corrected chi connectivity index (χ2v) is 6.01. The number of thioether (sulfide) groups is 1. The van der Waals surface area contributed by atoms with Crippen molar-refractivity contribution in [1.29, 1.82) is 0 Å². The molecule has 0 aliphatic rings. The van der Waals surface area contributed by atoms with Crippen molar-refractivity contribution in [2.75, 3.05) is 5.75 Å². The van der Waals surface area contributed by atoms with Gasteiger partial charge in [-0.3, -0.25) is 4.79 Å². The van der Waals surface area contributed by atoms with Gasteiger partial charge in [0.25, 0.3) is 0 Å². The quantitative estimate of drug-likeness (QED) is 0.814. The molecule has 0 aliphatic carbocycles. The molecule has 23 heavy (non-hydrogen) atoms. The van der Waals surface area contributed by atoms with Gasteiger partial charge in [0.15, 0.2) is 0 Å². The molecule has 2 rings (SSSR count). The van der Waals surface area contributed by atoms with E-state index in [-0.39, 0.29) is 11.7 Å². The zero-order valence-electron chi connectivity index (χ0n) is 11.7. The highest BCUT2D eigenvalue weighted by molar-refractivity contribution is 7.99. The molecule has 2 aromatic rings. The number of carbonyl (C=O) groups excluding carboxylic acids is 1. The van der Waals surface area contributed by atoms with Crippen LogP contribution in [0.1, 0.15) is 11.1 Å². The van der Waals surface area contributed by atoms with Gasteiger partial charge in [-0.1, -0.05) is 35.5 Å². The monoisotopic (exact) mass is 360 g/mol. The minimum absolute atomic E-state index is 0.0754. The molecule has 0 bridgehead atoms. The van der Waals surface area contributed by atoms with Crippen LogP contribution in [0.3, 0.4) is 0 Å². The minimum Gasteiger partial charge on any atom is -0.351 e. The van der Waals surface area contributed by atoms with Crippen molar-refractivity contribution in [2.45, 2.75) is 17.7 Å². The van der Waals surface area contributed by atoms with E-state index in [9.17, 15) is 18.0 Å². The van der Waals surface area contributed by atoms with Gasteiger partial charge in [-0.2, -0.15) is 13.2 Å². The maximum absolute atomic E-state index is 12.4. The summed E-state index contributed by atoms with van der Waals surface area (Å²) in [6.45, 7) is 0.358. The van der Waals surface area contributed by atoms with Gasteiger partial charge in [0, 0.05) is 17.8 Å². The maximum atomic E-state index is 12.4. The third kappa shape index (κ3) is 5.76. The van der Waals surface area contributed by atoms with Crippen LogP contribution in [0.4, 0.5) is 13.2 Å². The average Bonchev–Trinajstić information content (AvgIpc) is 2.52. The number of carbonyl (C=O) groups is 1. The molecule has 1 N–H and O–H groups in total. The summed E-state index contributed by atoms with van der Waals surface area (Å²) in [7, 11) is 0. The van der Waals surface area contributed by atoms with Gasteiger partial charge in [0.2, 0.25) is 5.91 Å². The number of amides is 1. The SMILES string of the molecule is O=C(CSc1ccc(C(F)(F)F)cn1)NCc1ccc(Cl)cc1. The van der Waals surface area contributed by atoms with E-state index in [0.717, 1.165) is 29.6 Å². The van der Waals surface area contributed by atoms with Crippen molar-refractivity contribution in [3.63, 3.8) is 0 Å². The van der Waals surface area contributed by atoms with E-state index >= 15 is 0 Å². The molecule has 1 heterocycles. The molecule has 0 unspecified atom stereocenters. The van der Waals surface area contributed by atoms with Gasteiger partial charge >= 0.3 is 6.18 Å². The van der Waals surface area contributed by atoms with Crippen LogP contribution >= 0.6 is 23.4 Å². The highest BCUT2D eigenvalue weighted by Crippen LogP contribution is 2.29. The summed E-state index contributed by atoms with van der Waals surface area (Å²) in [6, 6.07) is 9.25. The molecular formula is C15H12ClF3N2OS. The highest BCUT2D eigenvalue weighted by Gasteiger charge is 2.30. The molecule has 1 aromatic heterocycles. The predicted molar refractivity (Wildman–Crippen MR) is 83.3 cm³/mol. The van der Waals surface area contributed by atoms with Gasteiger partial charge in [-0.15, -0.1) is 0 Å². The largest absolute Gasteiger partial charge is 0.417 e. The van der Waals surface area contributed by atoms with Crippen molar-refractivity contribution in [3.8, 4) is 0 Å². The second-order valence-electron chi connectivity index (χ2n) is 4.57. The molecule has 3 nitrogen and oxygen atoms in total. The van der Waals surface area contributed by atoms with Gasteiger partial charge in [0.1, 0.15) is 0 Å². The molecule has 0 saturated carbocycles. The fraction of sp³-hybridized carbons (Fsp3) is 0.200. The van der Waals surface area contributed by atoms with E-state index in [1.807, 2.05) is 0 Å². The van der Waals surface area contributed by atoms with E-state index in [1.54, 1.807) is 24.3 Å². The summed E-state index contributed by atoms with van der Waals surface area (Å²) in [6.07, 6.45) is -3.65. The Labute approximate surface area is 140 Å². The predicted octanol–water partition coefficient (Wildman–Crippen LogP) is 4.16. The van der Waals surface area contributed by atoms with Crippen molar-refractivity contribution in [3.05, 3.63) is 58.7 Å². The third-order valence-electron chi connectivity index (χ3n) is 2.82. The number of rotatable bonds is 5. The molecule has 122 valence electrons. The summed E-state index contributed by atoms with van der Waals surface area (Å²) in [4.78, 5) is 15.4. The van der Waals surface area contributed by atoms with Crippen molar-refractivity contribution in [2.24, 2.45) is 0 Å². The van der Waals surface area contributed by atoms with Crippen molar-refractivity contribution in [1.82, 2.24) is 10.3 Å². The molecule has 8 heteroatoms. The van der Waals surface area contributed by atoms with Crippen LogP contribution < -0.4 is 5.32 Å². The Balaban J connectivity index is 1.79. The molecule has 0 fully saturated rings. The average molecular weight is 361 g/mol. The number of nitrogens with zero attached hydrogens (tertiary/aromatic N) is 1. The van der Waals surface area contributed by atoms with Crippen LogP contribution in [-0.2, 0) is 17.5 Å². The fourth-order valence-corrected chi connectivity index (χ4v) is 2.43. The van der Waals surface area contributed by atoms with Gasteiger partial charge < -0.3 is 5.32 Å². The molecule has 0 aliphatic heterocycles. The summed E-state index contributed by atoms with van der Waals surface area (Å²) >= 11 is 6.84. The van der Waals surface area contributed by atoms with E-state index in [4.69, 9.17) is 11.6 Å². The van der Waals surface area contributed by atoms with Gasteiger partial charge in [-0.05, 0) is 29.8 Å². The normalized spacial score (nSPS) is 11.3. The standard InChI is InChI=1S/C15H12ClF3N2OS/c16-12-4-1-10(2-5-12)7-20-13(22)9-23-14-6-3-11(8-21-14)15(17,18)19/h1-6,8H,7,9H2,(H,20,22). The van der Waals surface area contributed by atoms with Crippen LogP contribution in [0.5, 0.6) is 0 Å². The third-order valence-corrected chi connectivity index (χ3v) is 4.01. The van der Waals surface area contributed by atoms with Crippen LogP contribution in [0.15, 0.2) is 47.6 Å².